The molecule has 1 aliphatic rings. The number of aromatic nitrogens is 4. The summed E-state index contributed by atoms with van der Waals surface area (Å²) >= 11 is 0. The zero-order valence-corrected chi connectivity index (χ0v) is 17.5. The molecule has 4 rings (SSSR count). The molecule has 0 bridgehead atoms. The van der Waals surface area contributed by atoms with Crippen LogP contribution in [0.2, 0.25) is 0 Å². The minimum absolute atomic E-state index is 0.0696. The van der Waals surface area contributed by atoms with E-state index in [0.29, 0.717) is 23.6 Å². The molecule has 2 amide bonds. The fourth-order valence-electron chi connectivity index (χ4n) is 3.77. The van der Waals surface area contributed by atoms with E-state index in [-0.39, 0.29) is 24.8 Å². The van der Waals surface area contributed by atoms with Gasteiger partial charge in [0.1, 0.15) is 12.1 Å². The number of carbonyl (C=O) groups is 2. The predicted octanol–water partition coefficient (Wildman–Crippen LogP) is 1.56. The molecule has 1 aromatic carbocycles. The van der Waals surface area contributed by atoms with E-state index in [9.17, 15) is 9.59 Å². The Kier molecular flexibility index (Phi) is 5.11. The Morgan fingerprint density at radius 1 is 1.23 bits per heavy atom. The van der Waals surface area contributed by atoms with Gasteiger partial charge in [0.25, 0.3) is 11.7 Å². The molecule has 0 spiro atoms. The van der Waals surface area contributed by atoms with Crippen LogP contribution in [0.5, 0.6) is 5.75 Å². The van der Waals surface area contributed by atoms with Crippen molar-refractivity contribution in [2.45, 2.75) is 32.8 Å². The van der Waals surface area contributed by atoms with Gasteiger partial charge in [-0.2, -0.15) is 10.1 Å². The quantitative estimate of drug-likeness (QED) is 0.650. The first kappa shape index (κ1) is 19.8. The van der Waals surface area contributed by atoms with Gasteiger partial charge in [-0.25, -0.2) is 9.50 Å². The number of para-hydroxylation sites is 2. The summed E-state index contributed by atoms with van der Waals surface area (Å²) < 4.78 is 7.55. The number of nitrogens with zero attached hydrogens (tertiary/aromatic N) is 6. The summed E-state index contributed by atoms with van der Waals surface area (Å²) in [7, 11) is 3.36. The van der Waals surface area contributed by atoms with Gasteiger partial charge in [0.2, 0.25) is 5.91 Å². The van der Waals surface area contributed by atoms with Gasteiger partial charge in [-0.05, 0) is 38.0 Å². The summed E-state index contributed by atoms with van der Waals surface area (Å²) in [5.74, 6) is 0.845. The maximum absolute atomic E-state index is 13.2. The van der Waals surface area contributed by atoms with Gasteiger partial charge in [-0.15, -0.1) is 0 Å². The molecule has 0 N–H and O–H groups in total. The van der Waals surface area contributed by atoms with Crippen molar-refractivity contribution in [2.75, 3.05) is 25.5 Å². The number of anilines is 1. The van der Waals surface area contributed by atoms with Crippen LogP contribution in [0.4, 0.5) is 5.69 Å². The Hall–Kier alpha value is -3.49. The van der Waals surface area contributed by atoms with Crippen molar-refractivity contribution in [2.24, 2.45) is 0 Å². The second-order valence-corrected chi connectivity index (χ2v) is 7.54. The number of carbonyl (C=O) groups excluding carboxylic acids is 2. The Labute approximate surface area is 174 Å². The maximum Gasteiger partial charge on any atom is 0.265 e. The maximum atomic E-state index is 13.2. The molecule has 9 nitrogen and oxygen atoms in total. The number of amides is 2. The van der Waals surface area contributed by atoms with Crippen LogP contribution < -0.4 is 9.64 Å². The van der Waals surface area contributed by atoms with Gasteiger partial charge in [0.05, 0.1) is 12.2 Å². The van der Waals surface area contributed by atoms with Gasteiger partial charge in [-0.1, -0.05) is 12.1 Å². The fraction of sp³-hybridized carbons (Fsp3) is 0.381. The lowest BCUT2D eigenvalue weighted by Crippen LogP contribution is -2.50. The van der Waals surface area contributed by atoms with Gasteiger partial charge >= 0.3 is 0 Å². The molecular weight excluding hydrogens is 384 g/mol. The largest absolute Gasteiger partial charge is 0.476 e. The molecular formula is C21H24N6O3. The van der Waals surface area contributed by atoms with Crippen LogP contribution in [0, 0.1) is 13.8 Å². The topological polar surface area (TPSA) is 92.9 Å². The monoisotopic (exact) mass is 408 g/mol. The second-order valence-electron chi connectivity index (χ2n) is 7.54. The zero-order chi connectivity index (χ0) is 21.4. The molecule has 0 unspecified atom stereocenters. The molecule has 0 fully saturated rings. The first-order valence-electron chi connectivity index (χ1n) is 9.80. The van der Waals surface area contributed by atoms with Crippen LogP contribution in [0.1, 0.15) is 23.4 Å². The molecule has 0 saturated heterocycles. The lowest BCUT2D eigenvalue weighted by atomic mass is 10.1. The SMILES string of the molecule is Cc1nc2ncnn2c(C)c1CCC(=O)N1C[C@@H](C(=O)N(C)C)Oc2ccccc21. The number of aryl methyl sites for hydroxylation is 2. The van der Waals surface area contributed by atoms with Gasteiger partial charge in [-0.3, -0.25) is 9.59 Å². The number of likely N-dealkylation sites (N-methyl/N-ethyl adjacent to an activating group) is 1. The normalized spacial score (nSPS) is 15.6. The standard InChI is InChI=1S/C21H24N6O3/c1-13-15(14(2)27-21(24-13)22-12-23-27)9-10-19(28)26-11-18(20(29)25(3)4)30-17-8-6-5-7-16(17)26/h5-8,12,18H,9-11H2,1-4H3/t18-/m0/s1. The van der Waals surface area contributed by atoms with Crippen LogP contribution in [0.15, 0.2) is 30.6 Å². The third-order valence-electron chi connectivity index (χ3n) is 5.37. The van der Waals surface area contributed by atoms with Crippen LogP contribution in [-0.2, 0) is 16.0 Å². The average molecular weight is 408 g/mol. The molecule has 1 atom stereocenters. The lowest BCUT2D eigenvalue weighted by Gasteiger charge is -2.35. The molecule has 3 aromatic rings. The summed E-state index contributed by atoms with van der Waals surface area (Å²) in [5, 5.41) is 4.20. The first-order chi connectivity index (χ1) is 14.4. The summed E-state index contributed by atoms with van der Waals surface area (Å²) in [4.78, 5) is 37.4. The minimum Gasteiger partial charge on any atom is -0.476 e. The fourth-order valence-corrected chi connectivity index (χ4v) is 3.77. The third-order valence-corrected chi connectivity index (χ3v) is 5.37. The number of hydrogen-bond donors (Lipinski definition) is 0. The predicted molar refractivity (Wildman–Crippen MR) is 110 cm³/mol. The van der Waals surface area contributed by atoms with E-state index < -0.39 is 6.10 Å². The molecule has 2 aromatic heterocycles. The Morgan fingerprint density at radius 3 is 2.77 bits per heavy atom. The Bertz CT molecular complexity index is 1120. The van der Waals surface area contributed by atoms with E-state index in [1.54, 1.807) is 29.6 Å². The van der Waals surface area contributed by atoms with Crippen LogP contribution in [0.3, 0.4) is 0 Å². The minimum atomic E-state index is -0.726. The highest BCUT2D eigenvalue weighted by Gasteiger charge is 2.34. The number of ether oxygens (including phenoxy) is 1. The molecule has 3 heterocycles. The molecule has 1 aliphatic heterocycles. The molecule has 9 heteroatoms. The van der Waals surface area contributed by atoms with E-state index in [1.165, 1.54) is 11.2 Å². The highest BCUT2D eigenvalue weighted by Crippen LogP contribution is 2.34. The van der Waals surface area contributed by atoms with Crippen molar-refractivity contribution in [3.63, 3.8) is 0 Å². The van der Waals surface area contributed by atoms with Crippen LogP contribution >= 0.6 is 0 Å². The second kappa shape index (κ2) is 7.74. The molecule has 30 heavy (non-hydrogen) atoms. The summed E-state index contributed by atoms with van der Waals surface area (Å²) in [5.41, 5.74) is 3.42. The van der Waals surface area contributed by atoms with Crippen LogP contribution in [0.25, 0.3) is 5.78 Å². The molecule has 156 valence electrons. The molecule has 0 saturated carbocycles. The van der Waals surface area contributed by atoms with Crippen molar-refractivity contribution in [3.8, 4) is 5.75 Å². The highest BCUT2D eigenvalue weighted by atomic mass is 16.5. The van der Waals surface area contributed by atoms with Gasteiger partial charge < -0.3 is 14.5 Å². The van der Waals surface area contributed by atoms with E-state index in [2.05, 4.69) is 15.1 Å². The number of hydrogen-bond acceptors (Lipinski definition) is 6. The van der Waals surface area contributed by atoms with E-state index in [0.717, 1.165) is 17.0 Å². The average Bonchev–Trinajstić information content (AvgIpc) is 3.20. The third kappa shape index (κ3) is 3.47. The van der Waals surface area contributed by atoms with Crippen molar-refractivity contribution >= 4 is 23.3 Å². The van der Waals surface area contributed by atoms with Crippen LogP contribution in [-0.4, -0.2) is 63.0 Å². The van der Waals surface area contributed by atoms with Crippen molar-refractivity contribution in [1.82, 2.24) is 24.5 Å². The van der Waals surface area contributed by atoms with Crippen molar-refractivity contribution in [1.29, 1.82) is 0 Å². The smallest absolute Gasteiger partial charge is 0.265 e. The highest BCUT2D eigenvalue weighted by molar-refractivity contribution is 5.97. The number of rotatable bonds is 4. The van der Waals surface area contributed by atoms with Crippen molar-refractivity contribution < 1.29 is 14.3 Å². The Morgan fingerprint density at radius 2 is 2.00 bits per heavy atom. The Balaban J connectivity index is 1.57. The van der Waals surface area contributed by atoms with Gasteiger partial charge in [0, 0.05) is 31.9 Å². The molecule has 0 aliphatic carbocycles. The van der Waals surface area contributed by atoms with Gasteiger partial charge in [0.15, 0.2) is 6.10 Å². The summed E-state index contributed by atoms with van der Waals surface area (Å²) in [6.45, 7) is 4.05. The zero-order valence-electron chi connectivity index (χ0n) is 17.5. The number of fused-ring (bicyclic) bond motifs is 2. The van der Waals surface area contributed by atoms with Crippen molar-refractivity contribution in [3.05, 3.63) is 47.5 Å². The first-order valence-corrected chi connectivity index (χ1v) is 9.80. The summed E-state index contributed by atoms with van der Waals surface area (Å²) in [6, 6.07) is 7.30. The van der Waals surface area contributed by atoms with E-state index in [4.69, 9.17) is 4.74 Å². The summed E-state index contributed by atoms with van der Waals surface area (Å²) in [6.07, 6.45) is 1.54. The van der Waals surface area contributed by atoms with E-state index in [1.807, 2.05) is 32.0 Å². The lowest BCUT2D eigenvalue weighted by molar-refractivity contribution is -0.136. The molecule has 0 radical (unpaired) electrons. The number of benzene rings is 1. The van der Waals surface area contributed by atoms with E-state index >= 15 is 0 Å².